The second-order valence-electron chi connectivity index (χ2n) is 21.7. The molecule has 0 N–H and O–H groups in total. The predicted octanol–water partition coefficient (Wildman–Crippen LogP) is 16.4. The number of hydrogen-bond acceptors (Lipinski definition) is 0. The first-order valence-electron chi connectivity index (χ1n) is 24.0. The monoisotopic (exact) mass is 932 g/mol. The van der Waals surface area contributed by atoms with E-state index < -0.39 is 17.4 Å². The van der Waals surface area contributed by atoms with Crippen LogP contribution in [0.5, 0.6) is 0 Å². The summed E-state index contributed by atoms with van der Waals surface area (Å²) >= 11 is -3.99. The normalized spacial score (nSPS) is 27.3. The molecule has 4 aromatic rings. The Kier molecular flexibility index (Phi) is 12.8. The number of rotatable bonds is 14. The van der Waals surface area contributed by atoms with Gasteiger partial charge in [-0.1, -0.05) is 0 Å². The molecule has 0 aliphatic heterocycles. The van der Waals surface area contributed by atoms with Crippen molar-refractivity contribution in [3.63, 3.8) is 0 Å². The van der Waals surface area contributed by atoms with Gasteiger partial charge in [-0.25, -0.2) is 0 Å². The van der Waals surface area contributed by atoms with Gasteiger partial charge in [0, 0.05) is 0 Å². The van der Waals surface area contributed by atoms with Crippen LogP contribution in [-0.4, -0.2) is 6.88 Å². The first-order chi connectivity index (χ1) is 28.1. The summed E-state index contributed by atoms with van der Waals surface area (Å²) in [4.78, 5) is 0. The summed E-state index contributed by atoms with van der Waals surface area (Å²) in [6, 6.07) is 34.5. The standard InChI is InChI=1S/2C26H29.C3H7.CH3.2ClH.H2Si.Zr/c2*1-2-4-19-7-9-22(10-8-19)24-6-3-5-23-15-21(16-25(23)24)18-26-13-11-20(17-26)12-14-26;1-3-2;;;;;/h2*3,5-10,15-16,20H,2,4,11-14,17-18H2,1H3;1,3H2,2H3;1H3;2*1H;1H2;. The molecule has 0 heterocycles. The smallest absolute Gasteiger partial charge is 0.147 e. The average Bonchev–Trinajstić information content (AvgIpc) is 4.09. The molecule has 0 amide bonds. The van der Waals surface area contributed by atoms with Crippen LogP contribution in [0.2, 0.25) is 8.76 Å². The number of fused-ring (bicyclic) bond motifs is 6. The second-order valence-corrected chi connectivity index (χ2v) is 50.1. The number of benzene rings is 4. The Labute approximate surface area is 378 Å². The molecular weight excluding hydrogens is 863 g/mol. The van der Waals surface area contributed by atoms with Gasteiger partial charge in [-0.05, 0) is 0 Å². The maximum atomic E-state index is 3.02. The molecule has 4 heteroatoms. The Morgan fingerprint density at radius 3 is 1.28 bits per heavy atom. The molecule has 6 aliphatic carbocycles. The SMILES string of the molecule is CCCc1ccc(-c2cccc3c2C=C(CC24CCC(CC2)C4)[CH]3[Zr]([CH3])(=[SiH2])([CH2]CC)[CH]2C(CC34CCC(CC3)C4)=Cc3c(-c4ccc(CCC)cc4)cccc32)cc1.Cl.Cl. The van der Waals surface area contributed by atoms with Crippen molar-refractivity contribution in [1.82, 2.24) is 0 Å². The van der Waals surface area contributed by atoms with Crippen molar-refractivity contribution in [3.05, 3.63) is 129 Å². The molecule has 2 unspecified atom stereocenters. The number of halogens is 2. The quantitative estimate of drug-likeness (QED) is 0.111. The van der Waals surface area contributed by atoms with Crippen LogP contribution < -0.4 is 0 Å². The Balaban J connectivity index is 0.00000249. The maximum absolute atomic E-state index is 3.99. The maximum Gasteiger partial charge on any atom is -0.147 e. The van der Waals surface area contributed by atoms with Crippen molar-refractivity contribution in [2.75, 3.05) is 0 Å². The van der Waals surface area contributed by atoms with Crippen LogP contribution >= 0.6 is 24.8 Å². The van der Waals surface area contributed by atoms with Gasteiger partial charge in [-0.3, -0.25) is 0 Å². The van der Waals surface area contributed by atoms with Crippen LogP contribution in [0.4, 0.5) is 0 Å². The number of hydrogen-bond donors (Lipinski definition) is 0. The van der Waals surface area contributed by atoms with Gasteiger partial charge in [-0.15, -0.1) is 24.8 Å². The van der Waals surface area contributed by atoms with Gasteiger partial charge in [0.05, 0.1) is 0 Å². The van der Waals surface area contributed by atoms with E-state index >= 15 is 0 Å². The minimum absolute atomic E-state index is 0. The van der Waals surface area contributed by atoms with E-state index in [0.29, 0.717) is 18.1 Å². The van der Waals surface area contributed by atoms with E-state index in [-0.39, 0.29) is 24.8 Å². The van der Waals surface area contributed by atoms with Crippen molar-refractivity contribution in [3.8, 4) is 22.3 Å². The van der Waals surface area contributed by atoms with Crippen molar-refractivity contribution >= 4 is 43.8 Å². The molecule has 10 rings (SSSR count). The minimum Gasteiger partial charge on any atom is -0.147 e. The zero-order chi connectivity index (χ0) is 39.7. The molecule has 60 heavy (non-hydrogen) atoms. The Bertz CT molecular complexity index is 2180. The van der Waals surface area contributed by atoms with Crippen LogP contribution in [0.15, 0.2) is 96.1 Å². The molecule has 4 saturated carbocycles. The van der Waals surface area contributed by atoms with Gasteiger partial charge in [0.1, 0.15) is 0 Å². The summed E-state index contributed by atoms with van der Waals surface area (Å²) < 4.78 is 5.64. The first-order valence-corrected chi connectivity index (χ1v) is 37.0. The Morgan fingerprint density at radius 2 is 0.950 bits per heavy atom. The summed E-state index contributed by atoms with van der Waals surface area (Å²) in [5.74, 6) is 1.96. The van der Waals surface area contributed by atoms with E-state index in [1.54, 1.807) is 22.3 Å². The summed E-state index contributed by atoms with van der Waals surface area (Å²) in [6.07, 6.45) is 29.0. The van der Waals surface area contributed by atoms with Crippen molar-refractivity contribution in [2.45, 2.75) is 146 Å². The molecular formula is C56H72Cl2SiZr. The molecule has 4 bridgehead atoms. The molecule has 0 nitrogen and oxygen atoms in total. The van der Waals surface area contributed by atoms with E-state index in [0.717, 1.165) is 24.7 Å². The fraction of sp³-hybridized carbons (Fsp3) is 0.500. The van der Waals surface area contributed by atoms with Crippen molar-refractivity contribution in [1.29, 1.82) is 0 Å². The summed E-state index contributed by atoms with van der Waals surface area (Å²) in [5, 5.41) is 0. The molecule has 0 aromatic heterocycles. The van der Waals surface area contributed by atoms with Gasteiger partial charge in [-0.2, -0.15) is 0 Å². The molecule has 0 radical (unpaired) electrons. The Hall–Kier alpha value is -1.96. The molecule has 4 aromatic carbocycles. The van der Waals surface area contributed by atoms with Crippen LogP contribution in [-0.2, 0) is 30.2 Å². The molecule has 2 atom stereocenters. The van der Waals surface area contributed by atoms with E-state index in [9.17, 15) is 0 Å². The van der Waals surface area contributed by atoms with E-state index in [2.05, 4.69) is 129 Å². The fourth-order valence-corrected chi connectivity index (χ4v) is 40.9. The molecule has 6 aliphatic rings. The Morgan fingerprint density at radius 1 is 0.550 bits per heavy atom. The third-order valence-corrected chi connectivity index (χ3v) is 41.0. The van der Waals surface area contributed by atoms with Gasteiger partial charge in [0.15, 0.2) is 0 Å². The van der Waals surface area contributed by atoms with Gasteiger partial charge >= 0.3 is 357 Å². The van der Waals surface area contributed by atoms with Crippen LogP contribution in [0, 0.1) is 22.7 Å². The van der Waals surface area contributed by atoms with Crippen molar-refractivity contribution < 1.29 is 17.4 Å². The van der Waals surface area contributed by atoms with Gasteiger partial charge < -0.3 is 0 Å². The first kappa shape index (κ1) is 44.6. The third-order valence-electron chi connectivity index (χ3n) is 17.5. The number of allylic oxidation sites excluding steroid dienone is 2. The van der Waals surface area contributed by atoms with Crippen LogP contribution in [0.3, 0.4) is 0 Å². The zero-order valence-electron chi connectivity index (χ0n) is 37.3. The molecule has 318 valence electrons. The largest absolute Gasteiger partial charge is 0.147 e. The topological polar surface area (TPSA) is 0 Å². The number of aryl methyl sites for hydroxylation is 2. The van der Waals surface area contributed by atoms with Crippen LogP contribution in [0.25, 0.3) is 34.4 Å². The molecule has 0 spiro atoms. The summed E-state index contributed by atoms with van der Waals surface area (Å²) in [6.45, 7) is 9.82. The van der Waals surface area contributed by atoms with Crippen LogP contribution in [0.1, 0.15) is 158 Å². The van der Waals surface area contributed by atoms with Gasteiger partial charge in [0.25, 0.3) is 0 Å². The third kappa shape index (κ3) is 7.64. The van der Waals surface area contributed by atoms with E-state index in [1.807, 2.05) is 11.1 Å². The molecule has 4 fully saturated rings. The van der Waals surface area contributed by atoms with Gasteiger partial charge in [0.2, 0.25) is 0 Å². The average molecular weight is 935 g/mol. The fourth-order valence-electron chi connectivity index (χ4n) is 15.2. The predicted molar refractivity (Wildman–Crippen MR) is 264 cm³/mol. The van der Waals surface area contributed by atoms with Crippen molar-refractivity contribution in [2.24, 2.45) is 22.7 Å². The minimum atomic E-state index is -3.99. The van der Waals surface area contributed by atoms with E-state index in [4.69, 9.17) is 0 Å². The summed E-state index contributed by atoms with van der Waals surface area (Å²) in [7, 11) is 0. The molecule has 0 saturated heterocycles. The summed E-state index contributed by atoms with van der Waals surface area (Å²) in [5.41, 5.74) is 20.1. The zero-order valence-corrected chi connectivity index (χ0v) is 42.8. The van der Waals surface area contributed by atoms with E-state index in [1.165, 1.54) is 134 Å². The second kappa shape index (κ2) is 17.2.